The Kier molecular flexibility index (Phi) is 6.44. The highest BCUT2D eigenvalue weighted by Gasteiger charge is 2.41. The Hall–Kier alpha value is -2.90. The molecule has 1 N–H and O–H groups in total. The molecule has 0 bridgehead atoms. The van der Waals surface area contributed by atoms with Crippen LogP contribution in [0.4, 0.5) is 30.7 Å². The normalized spacial score (nSPS) is 14.5. The highest BCUT2D eigenvalue weighted by atomic mass is 35.5. The molecule has 34 heavy (non-hydrogen) atoms. The SMILES string of the molecule is O=C(NCCCn1nc(C(F)(F)F)c(Cl)c1C1CC1)c1cc2nc(C(F)F)cc(C(F)F)n2n1. The van der Waals surface area contributed by atoms with Crippen LogP contribution in [0.25, 0.3) is 5.65 Å². The third kappa shape index (κ3) is 4.81. The number of halogens is 8. The van der Waals surface area contributed by atoms with Gasteiger partial charge in [-0.15, -0.1) is 0 Å². The lowest BCUT2D eigenvalue weighted by molar-refractivity contribution is -0.141. The monoisotopic (exact) mass is 512 g/mol. The van der Waals surface area contributed by atoms with Crippen molar-refractivity contribution in [2.45, 2.75) is 50.8 Å². The summed E-state index contributed by atoms with van der Waals surface area (Å²) in [5, 5.41) is 9.34. The van der Waals surface area contributed by atoms with Gasteiger partial charge in [-0.1, -0.05) is 11.6 Å². The van der Waals surface area contributed by atoms with Crippen molar-refractivity contribution in [3.05, 3.63) is 45.6 Å². The zero-order valence-electron chi connectivity index (χ0n) is 17.1. The van der Waals surface area contributed by atoms with Gasteiger partial charge in [-0.3, -0.25) is 9.48 Å². The van der Waals surface area contributed by atoms with Gasteiger partial charge in [-0.05, 0) is 25.3 Å². The number of rotatable bonds is 8. The standard InChI is InChI=1S/C19H16ClF7N6O/c20-13-14(8-2-3-8)32(31-15(13)19(25,26)27)5-1-4-28-18(34)10-7-12-29-9(16(21)22)6-11(17(23)24)33(12)30-10/h6-8,16-17H,1-5H2,(H,28,34). The number of hydrogen-bond acceptors (Lipinski definition) is 4. The van der Waals surface area contributed by atoms with Gasteiger partial charge in [0.25, 0.3) is 18.8 Å². The molecule has 1 amide bonds. The summed E-state index contributed by atoms with van der Waals surface area (Å²) in [6.45, 7) is 0.0367. The number of nitrogens with zero attached hydrogens (tertiary/aromatic N) is 5. The van der Waals surface area contributed by atoms with Gasteiger partial charge in [0.15, 0.2) is 17.0 Å². The van der Waals surface area contributed by atoms with Crippen LogP contribution in [-0.2, 0) is 12.7 Å². The van der Waals surface area contributed by atoms with Crippen molar-refractivity contribution < 1.29 is 35.5 Å². The van der Waals surface area contributed by atoms with E-state index in [0.717, 1.165) is 6.07 Å². The van der Waals surface area contributed by atoms with Crippen molar-refractivity contribution in [3.63, 3.8) is 0 Å². The summed E-state index contributed by atoms with van der Waals surface area (Å²) in [5.74, 6) is -0.889. The molecule has 1 aliphatic rings. The lowest BCUT2D eigenvalue weighted by Gasteiger charge is -2.07. The Balaban J connectivity index is 1.44. The number of fused-ring (bicyclic) bond motifs is 1. The number of alkyl halides is 7. The van der Waals surface area contributed by atoms with Gasteiger partial charge < -0.3 is 5.32 Å². The zero-order valence-corrected chi connectivity index (χ0v) is 17.8. The molecule has 0 atom stereocenters. The highest BCUT2D eigenvalue weighted by molar-refractivity contribution is 6.32. The van der Waals surface area contributed by atoms with Crippen molar-refractivity contribution in [2.24, 2.45) is 0 Å². The summed E-state index contributed by atoms with van der Waals surface area (Å²) in [5.41, 5.74) is -3.25. The Bertz CT molecular complexity index is 1220. The second-order valence-electron chi connectivity index (χ2n) is 7.66. The minimum absolute atomic E-state index is 0.00689. The largest absolute Gasteiger partial charge is 0.436 e. The molecule has 0 radical (unpaired) electrons. The van der Waals surface area contributed by atoms with Gasteiger partial charge in [0.05, 0.1) is 10.7 Å². The number of carbonyl (C=O) groups is 1. The van der Waals surface area contributed by atoms with E-state index in [0.29, 0.717) is 29.1 Å². The molecule has 1 saturated carbocycles. The summed E-state index contributed by atoms with van der Waals surface area (Å²) in [6, 6.07) is 1.50. The van der Waals surface area contributed by atoms with Crippen molar-refractivity contribution in [2.75, 3.05) is 6.54 Å². The van der Waals surface area contributed by atoms with E-state index in [1.54, 1.807) is 0 Å². The Morgan fingerprint density at radius 1 is 1.15 bits per heavy atom. The first-order valence-electron chi connectivity index (χ1n) is 10.1. The molecule has 0 saturated heterocycles. The van der Waals surface area contributed by atoms with E-state index < -0.39 is 47.0 Å². The number of aromatic nitrogens is 5. The van der Waals surface area contributed by atoms with Crippen LogP contribution in [0, 0.1) is 0 Å². The molecule has 3 heterocycles. The van der Waals surface area contributed by atoms with Crippen LogP contribution in [0.15, 0.2) is 12.1 Å². The lowest BCUT2D eigenvalue weighted by Crippen LogP contribution is -2.26. The van der Waals surface area contributed by atoms with Crippen LogP contribution in [0.1, 0.15) is 71.3 Å². The first-order valence-corrected chi connectivity index (χ1v) is 10.4. The van der Waals surface area contributed by atoms with Crippen LogP contribution >= 0.6 is 11.6 Å². The van der Waals surface area contributed by atoms with E-state index in [4.69, 9.17) is 11.6 Å². The number of nitrogens with one attached hydrogen (secondary N) is 1. The fourth-order valence-electron chi connectivity index (χ4n) is 3.47. The van der Waals surface area contributed by atoms with Gasteiger partial charge >= 0.3 is 6.18 Å². The van der Waals surface area contributed by atoms with Crippen molar-refractivity contribution in [1.29, 1.82) is 0 Å². The molecule has 0 aliphatic heterocycles. The third-order valence-electron chi connectivity index (χ3n) is 5.15. The fraction of sp³-hybridized carbons (Fsp3) is 0.474. The maximum absolute atomic E-state index is 13.2. The van der Waals surface area contributed by atoms with E-state index in [1.807, 2.05) is 0 Å². The maximum atomic E-state index is 13.2. The molecule has 4 rings (SSSR count). The quantitative estimate of drug-likeness (QED) is 0.334. The van der Waals surface area contributed by atoms with Crippen LogP contribution < -0.4 is 5.32 Å². The summed E-state index contributed by atoms with van der Waals surface area (Å²) >= 11 is 5.91. The predicted octanol–water partition coefficient (Wildman–Crippen LogP) is 5.17. The number of carbonyl (C=O) groups excluding carboxylic acids is 1. The smallest absolute Gasteiger partial charge is 0.351 e. The Labute approximate surface area is 191 Å². The molecule has 184 valence electrons. The van der Waals surface area contributed by atoms with Gasteiger partial charge in [0, 0.05) is 25.1 Å². The summed E-state index contributed by atoms with van der Waals surface area (Å²) < 4.78 is 93.5. The van der Waals surface area contributed by atoms with Crippen LogP contribution in [-0.4, -0.2) is 36.8 Å². The first kappa shape index (κ1) is 24.2. The van der Waals surface area contributed by atoms with Crippen molar-refractivity contribution >= 4 is 23.2 Å². The molecule has 0 unspecified atom stereocenters. The van der Waals surface area contributed by atoms with Crippen LogP contribution in [0.3, 0.4) is 0 Å². The van der Waals surface area contributed by atoms with E-state index in [2.05, 4.69) is 20.5 Å². The summed E-state index contributed by atoms with van der Waals surface area (Å²) in [7, 11) is 0. The fourth-order valence-corrected chi connectivity index (χ4v) is 3.87. The molecule has 0 aromatic carbocycles. The van der Waals surface area contributed by atoms with E-state index in [1.165, 1.54) is 4.68 Å². The molecular formula is C19H16ClF7N6O. The average Bonchev–Trinajstić information content (AvgIpc) is 3.38. The van der Waals surface area contributed by atoms with Crippen molar-refractivity contribution in [1.82, 2.24) is 29.7 Å². The zero-order chi connectivity index (χ0) is 24.8. The molecule has 3 aromatic rings. The minimum atomic E-state index is -4.70. The minimum Gasteiger partial charge on any atom is -0.351 e. The molecular weight excluding hydrogens is 497 g/mol. The van der Waals surface area contributed by atoms with Gasteiger partial charge in [0.2, 0.25) is 0 Å². The Morgan fingerprint density at radius 3 is 2.44 bits per heavy atom. The molecule has 0 spiro atoms. The van der Waals surface area contributed by atoms with Crippen molar-refractivity contribution in [3.8, 4) is 0 Å². The summed E-state index contributed by atoms with van der Waals surface area (Å²) in [6.07, 6.45) is -9.33. The molecule has 1 aliphatic carbocycles. The van der Waals surface area contributed by atoms with Gasteiger partial charge in [-0.25, -0.2) is 27.1 Å². The highest BCUT2D eigenvalue weighted by Crippen LogP contribution is 2.46. The number of aryl methyl sites for hydroxylation is 1. The number of hydrogen-bond donors (Lipinski definition) is 1. The predicted molar refractivity (Wildman–Crippen MR) is 104 cm³/mol. The topological polar surface area (TPSA) is 77.1 Å². The number of amides is 1. The average molecular weight is 513 g/mol. The van der Waals surface area contributed by atoms with E-state index >= 15 is 0 Å². The van der Waals surface area contributed by atoms with E-state index in [9.17, 15) is 35.5 Å². The first-order chi connectivity index (χ1) is 16.0. The van der Waals surface area contributed by atoms with E-state index in [-0.39, 0.29) is 36.8 Å². The van der Waals surface area contributed by atoms with Gasteiger partial charge in [-0.2, -0.15) is 23.4 Å². The lowest BCUT2D eigenvalue weighted by atomic mass is 10.2. The van der Waals surface area contributed by atoms with Gasteiger partial charge in [0.1, 0.15) is 11.4 Å². The molecule has 7 nitrogen and oxygen atoms in total. The summed E-state index contributed by atoms with van der Waals surface area (Å²) in [4.78, 5) is 15.9. The molecule has 3 aromatic heterocycles. The molecule has 15 heteroatoms. The second-order valence-corrected chi connectivity index (χ2v) is 8.04. The van der Waals surface area contributed by atoms with Crippen LogP contribution in [0.5, 0.6) is 0 Å². The molecule has 1 fully saturated rings. The third-order valence-corrected chi connectivity index (χ3v) is 5.52. The van der Waals surface area contributed by atoms with Crippen LogP contribution in [0.2, 0.25) is 5.02 Å². The maximum Gasteiger partial charge on any atom is 0.436 e. The second kappa shape index (κ2) is 9.04. The Morgan fingerprint density at radius 2 is 1.85 bits per heavy atom.